The highest BCUT2D eigenvalue weighted by Gasteiger charge is 2.28. The number of nitrogens with one attached hydrogen (secondary N) is 1. The Bertz CT molecular complexity index is 999. The Morgan fingerprint density at radius 3 is 2.93 bits per heavy atom. The fourth-order valence-corrected chi connectivity index (χ4v) is 4.01. The summed E-state index contributed by atoms with van der Waals surface area (Å²) >= 11 is 0. The molecule has 7 heteroatoms. The van der Waals surface area contributed by atoms with E-state index in [0.29, 0.717) is 0 Å². The van der Waals surface area contributed by atoms with Gasteiger partial charge in [-0.15, -0.1) is 17.5 Å². The van der Waals surface area contributed by atoms with E-state index in [2.05, 4.69) is 21.3 Å². The van der Waals surface area contributed by atoms with Crippen molar-refractivity contribution in [2.45, 2.75) is 18.9 Å². The van der Waals surface area contributed by atoms with E-state index in [0.717, 1.165) is 55.2 Å². The zero-order valence-electron chi connectivity index (χ0n) is 14.8. The second kappa shape index (κ2) is 7.29. The van der Waals surface area contributed by atoms with Gasteiger partial charge < -0.3 is 10.2 Å². The molecule has 0 bridgehead atoms. The molecule has 4 heterocycles. The minimum absolute atomic E-state index is 0. The fourth-order valence-electron chi connectivity index (χ4n) is 4.01. The van der Waals surface area contributed by atoms with Crippen LogP contribution in [-0.2, 0) is 0 Å². The summed E-state index contributed by atoms with van der Waals surface area (Å²) in [5, 5.41) is 8.20. The molecule has 0 saturated carbocycles. The van der Waals surface area contributed by atoms with Crippen LogP contribution in [0.5, 0.6) is 0 Å². The molecule has 1 aromatic carbocycles. The largest absolute Gasteiger partial charge is 0.348 e. The van der Waals surface area contributed by atoms with Crippen LogP contribution in [0, 0.1) is 5.82 Å². The Hall–Kier alpha value is -2.44. The van der Waals surface area contributed by atoms with E-state index in [1.165, 1.54) is 11.6 Å². The fraction of sp³-hybridized carbons (Fsp3) is 0.300. The maximum Gasteiger partial charge on any atom is 0.154 e. The summed E-state index contributed by atoms with van der Waals surface area (Å²) < 4.78 is 15.6. The van der Waals surface area contributed by atoms with Gasteiger partial charge in [-0.05, 0) is 48.2 Å². The van der Waals surface area contributed by atoms with E-state index in [4.69, 9.17) is 5.10 Å². The van der Waals surface area contributed by atoms with Gasteiger partial charge in [0.25, 0.3) is 0 Å². The second-order valence-electron chi connectivity index (χ2n) is 6.87. The number of hydrogen-bond donors (Lipinski definition) is 1. The number of hydrogen-bond acceptors (Lipinski definition) is 4. The summed E-state index contributed by atoms with van der Waals surface area (Å²) in [7, 11) is 0. The first-order valence-corrected chi connectivity index (χ1v) is 9.06. The predicted octanol–water partition coefficient (Wildman–Crippen LogP) is 3.62. The number of anilines is 1. The molecule has 2 aromatic heterocycles. The highest BCUT2D eigenvalue weighted by molar-refractivity contribution is 5.85. The Labute approximate surface area is 163 Å². The summed E-state index contributed by atoms with van der Waals surface area (Å²) in [4.78, 5) is 6.76. The highest BCUT2D eigenvalue weighted by atomic mass is 35.5. The topological polar surface area (TPSA) is 45.5 Å². The molecule has 2 aliphatic heterocycles. The number of benzene rings is 1. The molecule has 3 aromatic rings. The molecule has 2 aliphatic rings. The Morgan fingerprint density at radius 1 is 1.19 bits per heavy atom. The van der Waals surface area contributed by atoms with Crippen LogP contribution in [0.3, 0.4) is 0 Å². The third-order valence-corrected chi connectivity index (χ3v) is 5.27. The normalized spacial score (nSPS) is 19.4. The van der Waals surface area contributed by atoms with Gasteiger partial charge in [0.05, 0.1) is 17.9 Å². The van der Waals surface area contributed by atoms with Crippen molar-refractivity contribution >= 4 is 29.4 Å². The summed E-state index contributed by atoms with van der Waals surface area (Å²) in [5.41, 5.74) is 4.12. The van der Waals surface area contributed by atoms with Crippen LogP contribution >= 0.6 is 12.4 Å². The van der Waals surface area contributed by atoms with Crippen LogP contribution in [0.1, 0.15) is 30.1 Å². The van der Waals surface area contributed by atoms with Crippen LogP contribution in [0.4, 0.5) is 10.2 Å². The maximum absolute atomic E-state index is 13.7. The lowest BCUT2D eigenvalue weighted by atomic mass is 10.0. The lowest BCUT2D eigenvalue weighted by molar-refractivity contribution is 0.617. The van der Waals surface area contributed by atoms with Crippen LogP contribution in [-0.4, -0.2) is 34.2 Å². The van der Waals surface area contributed by atoms with Gasteiger partial charge in [-0.1, -0.05) is 18.2 Å². The van der Waals surface area contributed by atoms with Crippen LogP contribution in [0.2, 0.25) is 0 Å². The molecular weight excluding hydrogens is 365 g/mol. The zero-order valence-corrected chi connectivity index (χ0v) is 15.6. The summed E-state index contributed by atoms with van der Waals surface area (Å²) in [6.45, 7) is 2.65. The van der Waals surface area contributed by atoms with Gasteiger partial charge in [0.1, 0.15) is 11.6 Å². The van der Waals surface area contributed by atoms with Crippen molar-refractivity contribution in [3.05, 3.63) is 65.7 Å². The number of fused-ring (bicyclic) bond motifs is 1. The second-order valence-corrected chi connectivity index (χ2v) is 6.87. The van der Waals surface area contributed by atoms with E-state index >= 15 is 0 Å². The van der Waals surface area contributed by atoms with E-state index in [1.54, 1.807) is 12.1 Å². The van der Waals surface area contributed by atoms with E-state index < -0.39 is 0 Å². The minimum Gasteiger partial charge on any atom is -0.348 e. The third kappa shape index (κ3) is 3.19. The third-order valence-electron chi connectivity index (χ3n) is 5.27. The summed E-state index contributed by atoms with van der Waals surface area (Å²) in [6, 6.07) is 11.1. The molecule has 1 fully saturated rings. The number of aromatic nitrogens is 3. The molecule has 0 unspecified atom stereocenters. The van der Waals surface area contributed by atoms with Crippen LogP contribution in [0.25, 0.3) is 11.2 Å². The minimum atomic E-state index is -0.185. The first-order valence-electron chi connectivity index (χ1n) is 9.06. The molecule has 0 spiro atoms. The van der Waals surface area contributed by atoms with Crippen molar-refractivity contribution < 1.29 is 4.39 Å². The molecule has 140 valence electrons. The first kappa shape index (κ1) is 17.9. The van der Waals surface area contributed by atoms with Crippen molar-refractivity contribution in [1.29, 1.82) is 0 Å². The molecule has 0 amide bonds. The van der Waals surface area contributed by atoms with Crippen molar-refractivity contribution in [3.63, 3.8) is 0 Å². The average Bonchev–Trinajstić information content (AvgIpc) is 3.40. The lowest BCUT2D eigenvalue weighted by Gasteiger charge is -2.26. The molecule has 5 rings (SSSR count). The monoisotopic (exact) mass is 385 g/mol. The molecule has 1 saturated heterocycles. The number of imidazole rings is 1. The molecule has 27 heavy (non-hydrogen) atoms. The number of halogens is 2. The van der Waals surface area contributed by atoms with Gasteiger partial charge in [-0.2, -0.15) is 0 Å². The standard InChI is InChI=1S/C20H20FN5.ClH/c21-16-4-1-3-14(11-16)17-5-2-10-25(17)20-7-6-19-23-13-18(26(19)24-20)15-8-9-22-12-15;/h1,3-4,6-8,11,13,17,22H,2,5,9-10,12H2;1H/t17-;/m1./s1. The van der Waals surface area contributed by atoms with Gasteiger partial charge in [0, 0.05) is 19.6 Å². The van der Waals surface area contributed by atoms with Gasteiger partial charge in [0.15, 0.2) is 5.65 Å². The van der Waals surface area contributed by atoms with Crippen molar-refractivity contribution in [2.75, 3.05) is 24.5 Å². The quantitative estimate of drug-likeness (QED) is 0.748. The SMILES string of the molecule is Cl.Fc1cccc([C@H]2CCCN2c2ccc3ncc(C4=CCNC4)n3n2)c1. The van der Waals surface area contributed by atoms with Gasteiger partial charge in [-0.25, -0.2) is 13.9 Å². The molecule has 1 atom stereocenters. The molecule has 0 radical (unpaired) electrons. The maximum atomic E-state index is 13.7. The van der Waals surface area contributed by atoms with Gasteiger partial charge in [-0.3, -0.25) is 0 Å². The van der Waals surface area contributed by atoms with E-state index in [9.17, 15) is 4.39 Å². The van der Waals surface area contributed by atoms with Gasteiger partial charge in [0.2, 0.25) is 0 Å². The lowest BCUT2D eigenvalue weighted by Crippen LogP contribution is -2.24. The molecule has 0 aliphatic carbocycles. The molecule has 5 nitrogen and oxygen atoms in total. The molecule has 1 N–H and O–H groups in total. The Balaban J connectivity index is 0.00000180. The summed E-state index contributed by atoms with van der Waals surface area (Å²) in [6.07, 6.45) is 6.16. The van der Waals surface area contributed by atoms with Crippen molar-refractivity contribution in [3.8, 4) is 0 Å². The molecular formula is C20H21ClFN5. The van der Waals surface area contributed by atoms with E-state index in [1.807, 2.05) is 28.9 Å². The highest BCUT2D eigenvalue weighted by Crippen LogP contribution is 2.35. The number of nitrogens with zero attached hydrogens (tertiary/aromatic N) is 4. The van der Waals surface area contributed by atoms with Gasteiger partial charge >= 0.3 is 0 Å². The van der Waals surface area contributed by atoms with Crippen molar-refractivity contribution in [1.82, 2.24) is 19.9 Å². The van der Waals surface area contributed by atoms with Crippen molar-refractivity contribution in [2.24, 2.45) is 0 Å². The summed E-state index contributed by atoms with van der Waals surface area (Å²) in [5.74, 6) is 0.727. The zero-order chi connectivity index (χ0) is 17.5. The Morgan fingerprint density at radius 2 is 2.11 bits per heavy atom. The number of rotatable bonds is 3. The first-order chi connectivity index (χ1) is 12.8. The Kier molecular flexibility index (Phi) is 4.85. The smallest absolute Gasteiger partial charge is 0.154 e. The van der Waals surface area contributed by atoms with E-state index in [-0.39, 0.29) is 24.3 Å². The predicted molar refractivity (Wildman–Crippen MR) is 107 cm³/mol. The van der Waals surface area contributed by atoms with Crippen LogP contribution in [0.15, 0.2) is 48.7 Å². The van der Waals surface area contributed by atoms with Crippen LogP contribution < -0.4 is 10.2 Å². The average molecular weight is 386 g/mol.